The fourth-order valence-electron chi connectivity index (χ4n) is 8.22. The van der Waals surface area contributed by atoms with Crippen molar-refractivity contribution in [1.29, 1.82) is 0 Å². The van der Waals surface area contributed by atoms with Crippen LogP contribution in [0.1, 0.15) is 22.3 Å². The highest BCUT2D eigenvalue weighted by atomic mass is 32.2. The molecule has 0 saturated heterocycles. The third-order valence-corrected chi connectivity index (χ3v) is 11.2. The SMILES string of the molecule is c1ccc(C2(c3ccccc3-c3cc4c5c(cccc5c3)-c3ccccc3S4)c3ccccc3-c3cc4ccccc4cc32)cc1. The molecule has 1 heteroatoms. The van der Waals surface area contributed by atoms with E-state index in [0.29, 0.717) is 0 Å². The van der Waals surface area contributed by atoms with E-state index in [1.54, 1.807) is 0 Å². The summed E-state index contributed by atoms with van der Waals surface area (Å²) >= 11 is 1.90. The minimum absolute atomic E-state index is 0.485. The molecule has 2 aliphatic rings. The van der Waals surface area contributed by atoms with Crippen molar-refractivity contribution < 1.29 is 0 Å². The summed E-state index contributed by atoms with van der Waals surface area (Å²) in [5, 5.41) is 5.18. The summed E-state index contributed by atoms with van der Waals surface area (Å²) in [4.78, 5) is 2.64. The lowest BCUT2D eigenvalue weighted by molar-refractivity contribution is 0.771. The fourth-order valence-corrected chi connectivity index (χ4v) is 9.40. The lowest BCUT2D eigenvalue weighted by atomic mass is 9.65. The molecule has 0 bridgehead atoms. The molecule has 1 unspecified atom stereocenters. The Balaban J connectivity index is 1.31. The van der Waals surface area contributed by atoms with E-state index >= 15 is 0 Å². The first-order valence-electron chi connectivity index (χ1n) is 15.9. The van der Waals surface area contributed by atoms with Crippen LogP contribution in [0.25, 0.3) is 54.9 Å². The Morgan fingerprint density at radius 3 is 1.78 bits per heavy atom. The van der Waals surface area contributed by atoms with Gasteiger partial charge >= 0.3 is 0 Å². The Hall–Kier alpha value is -5.37. The first-order valence-corrected chi connectivity index (χ1v) is 16.7. The summed E-state index contributed by atoms with van der Waals surface area (Å²) in [5.74, 6) is 0. The van der Waals surface area contributed by atoms with E-state index in [4.69, 9.17) is 0 Å². The van der Waals surface area contributed by atoms with E-state index < -0.39 is 5.41 Å². The van der Waals surface area contributed by atoms with Gasteiger partial charge in [0.1, 0.15) is 0 Å². The van der Waals surface area contributed by atoms with Crippen LogP contribution in [0.3, 0.4) is 0 Å². The zero-order valence-corrected chi connectivity index (χ0v) is 25.9. The van der Waals surface area contributed by atoms with Gasteiger partial charge in [-0.05, 0) is 102 Å². The van der Waals surface area contributed by atoms with Crippen LogP contribution >= 0.6 is 11.8 Å². The molecule has 1 heterocycles. The highest BCUT2D eigenvalue weighted by Gasteiger charge is 2.47. The van der Waals surface area contributed by atoms with E-state index in [1.165, 1.54) is 87.0 Å². The summed E-state index contributed by atoms with van der Waals surface area (Å²) in [6.07, 6.45) is 0. The summed E-state index contributed by atoms with van der Waals surface area (Å²) in [6.45, 7) is 0. The molecule has 214 valence electrons. The average Bonchev–Trinajstić information content (AvgIpc) is 3.41. The Morgan fingerprint density at radius 2 is 0.957 bits per heavy atom. The lowest BCUT2D eigenvalue weighted by Gasteiger charge is -2.36. The van der Waals surface area contributed by atoms with Crippen LogP contribution in [-0.4, -0.2) is 0 Å². The first kappa shape index (κ1) is 25.9. The predicted octanol–water partition coefficient (Wildman–Crippen LogP) is 12.2. The number of rotatable bonds is 3. The topological polar surface area (TPSA) is 0 Å². The molecular weight excluding hydrogens is 573 g/mol. The van der Waals surface area contributed by atoms with Crippen LogP contribution in [0.2, 0.25) is 0 Å². The Labute approximate surface area is 273 Å². The van der Waals surface area contributed by atoms with Gasteiger partial charge in [0, 0.05) is 15.2 Å². The van der Waals surface area contributed by atoms with E-state index in [2.05, 4.69) is 170 Å². The van der Waals surface area contributed by atoms with Crippen LogP contribution in [0, 0.1) is 0 Å². The second kappa shape index (κ2) is 9.81. The molecule has 0 fully saturated rings. The summed E-state index contributed by atoms with van der Waals surface area (Å²) in [5.41, 5.74) is 12.6. The molecule has 0 spiro atoms. The zero-order valence-electron chi connectivity index (χ0n) is 25.1. The van der Waals surface area contributed by atoms with E-state index in [1.807, 2.05) is 11.8 Å². The van der Waals surface area contributed by atoms with Gasteiger partial charge in [0.15, 0.2) is 0 Å². The van der Waals surface area contributed by atoms with E-state index in [-0.39, 0.29) is 0 Å². The second-order valence-electron chi connectivity index (χ2n) is 12.4. The van der Waals surface area contributed by atoms with Crippen LogP contribution in [0.4, 0.5) is 0 Å². The fraction of sp³-hybridized carbons (Fsp3) is 0.0222. The third-order valence-electron chi connectivity index (χ3n) is 10.1. The molecule has 0 aromatic heterocycles. The normalized spacial score (nSPS) is 15.8. The van der Waals surface area contributed by atoms with Crippen molar-refractivity contribution in [3.05, 3.63) is 192 Å². The highest BCUT2D eigenvalue weighted by Crippen LogP contribution is 2.59. The maximum absolute atomic E-state index is 2.46. The van der Waals surface area contributed by atoms with E-state index in [9.17, 15) is 0 Å². The Morgan fingerprint density at radius 1 is 0.348 bits per heavy atom. The largest absolute Gasteiger partial charge is 0.0888 e. The molecule has 0 nitrogen and oxygen atoms in total. The van der Waals surface area contributed by atoms with Gasteiger partial charge in [-0.2, -0.15) is 0 Å². The maximum atomic E-state index is 2.46. The number of benzene rings is 8. The quantitative estimate of drug-likeness (QED) is 0.194. The maximum Gasteiger partial charge on any atom is 0.0719 e. The Kier molecular flexibility index (Phi) is 5.53. The van der Waals surface area contributed by atoms with Gasteiger partial charge in [-0.1, -0.05) is 151 Å². The van der Waals surface area contributed by atoms with Crippen LogP contribution in [-0.2, 0) is 5.41 Å². The minimum Gasteiger partial charge on any atom is -0.0888 e. The van der Waals surface area contributed by atoms with E-state index in [0.717, 1.165) is 0 Å². The van der Waals surface area contributed by atoms with Crippen LogP contribution in [0.15, 0.2) is 180 Å². The molecule has 0 radical (unpaired) electrons. The highest BCUT2D eigenvalue weighted by molar-refractivity contribution is 7.99. The molecule has 8 aromatic carbocycles. The predicted molar refractivity (Wildman–Crippen MR) is 194 cm³/mol. The van der Waals surface area contributed by atoms with Crippen molar-refractivity contribution in [3.63, 3.8) is 0 Å². The van der Waals surface area contributed by atoms with Crippen molar-refractivity contribution in [2.24, 2.45) is 0 Å². The molecule has 1 aliphatic heterocycles. The standard InChI is InChI=1S/C45H28S/c1-2-16-33(17-3-1)45(40-23-10-7-19-35(40)38-26-29-13-4-5-14-30(29)27-41(38)45)39-22-9-6-18-34(39)32-25-31-15-12-21-37-36-20-8-11-24-42(36)46-43(28-32)44(31)37/h1-28H. The molecule has 1 atom stereocenters. The van der Waals surface area contributed by atoms with Gasteiger partial charge in [0.2, 0.25) is 0 Å². The monoisotopic (exact) mass is 600 g/mol. The summed E-state index contributed by atoms with van der Waals surface area (Å²) in [6, 6.07) is 63.4. The molecule has 0 amide bonds. The lowest BCUT2D eigenvalue weighted by Crippen LogP contribution is -2.29. The first-order chi connectivity index (χ1) is 22.8. The second-order valence-corrected chi connectivity index (χ2v) is 13.5. The van der Waals surface area contributed by atoms with Crippen molar-refractivity contribution in [1.82, 2.24) is 0 Å². The molecule has 1 aliphatic carbocycles. The Bertz CT molecular complexity index is 2510. The molecule has 8 aromatic rings. The smallest absolute Gasteiger partial charge is 0.0719 e. The van der Waals surface area contributed by atoms with Crippen molar-refractivity contribution in [2.45, 2.75) is 15.2 Å². The van der Waals surface area contributed by atoms with Gasteiger partial charge in [0.25, 0.3) is 0 Å². The minimum atomic E-state index is -0.485. The van der Waals surface area contributed by atoms with Crippen molar-refractivity contribution in [3.8, 4) is 33.4 Å². The van der Waals surface area contributed by atoms with Crippen LogP contribution < -0.4 is 0 Å². The van der Waals surface area contributed by atoms with Gasteiger partial charge in [-0.25, -0.2) is 0 Å². The van der Waals surface area contributed by atoms with Crippen LogP contribution in [0.5, 0.6) is 0 Å². The molecule has 0 N–H and O–H groups in total. The molecule has 46 heavy (non-hydrogen) atoms. The molecule has 10 rings (SSSR count). The average molecular weight is 601 g/mol. The number of hydrogen-bond donors (Lipinski definition) is 0. The van der Waals surface area contributed by atoms with Crippen molar-refractivity contribution >= 4 is 33.3 Å². The summed E-state index contributed by atoms with van der Waals surface area (Å²) < 4.78 is 0. The number of fused-ring (bicyclic) bond motifs is 6. The number of hydrogen-bond acceptors (Lipinski definition) is 1. The molecule has 0 saturated carbocycles. The van der Waals surface area contributed by atoms with Gasteiger partial charge in [-0.15, -0.1) is 0 Å². The molecular formula is C45H28S. The summed E-state index contributed by atoms with van der Waals surface area (Å²) in [7, 11) is 0. The zero-order chi connectivity index (χ0) is 30.2. The van der Waals surface area contributed by atoms with Crippen molar-refractivity contribution in [2.75, 3.05) is 0 Å². The van der Waals surface area contributed by atoms with Gasteiger partial charge in [-0.3, -0.25) is 0 Å². The third kappa shape index (κ3) is 3.52. The van der Waals surface area contributed by atoms with Gasteiger partial charge < -0.3 is 0 Å². The van der Waals surface area contributed by atoms with Gasteiger partial charge in [0.05, 0.1) is 5.41 Å².